The van der Waals surface area contributed by atoms with E-state index in [4.69, 9.17) is 4.74 Å². The minimum Gasteiger partial charge on any atom is -0.464 e. The number of amides is 1. The van der Waals surface area contributed by atoms with Crippen LogP contribution in [0.1, 0.15) is 27.7 Å². The number of aliphatic hydroxyl groups is 1. The van der Waals surface area contributed by atoms with Crippen LogP contribution in [0.15, 0.2) is 0 Å². The van der Waals surface area contributed by atoms with Crippen molar-refractivity contribution in [3.63, 3.8) is 0 Å². The highest BCUT2D eigenvalue weighted by Crippen LogP contribution is 2.29. The van der Waals surface area contributed by atoms with Crippen LogP contribution in [0.5, 0.6) is 0 Å². The third-order valence-electron chi connectivity index (χ3n) is 2.19. The van der Waals surface area contributed by atoms with Crippen molar-refractivity contribution >= 4 is 12.1 Å². The Kier molecular flexibility index (Phi) is 6.95. The van der Waals surface area contributed by atoms with E-state index in [0.717, 1.165) is 0 Å². The molecule has 0 aromatic carbocycles. The smallest absolute Gasteiger partial charge is 0.407 e. The number of alkyl carbamates (subject to hydrolysis) is 1. The molecule has 0 rings (SSSR count). The van der Waals surface area contributed by atoms with Crippen LogP contribution in [-0.2, 0) is 14.3 Å². The SMILES string of the molecule is CCOC(=O)C(O)C(CNC(=O)OC(C)(C)C)C(F)(F)F. The van der Waals surface area contributed by atoms with Gasteiger partial charge in [-0.05, 0) is 27.7 Å². The van der Waals surface area contributed by atoms with Gasteiger partial charge in [0.1, 0.15) is 11.5 Å². The number of hydrogen-bond donors (Lipinski definition) is 2. The second-order valence-corrected chi connectivity index (χ2v) is 5.23. The maximum absolute atomic E-state index is 12.8. The number of carbonyl (C=O) groups excluding carboxylic acids is 2. The van der Waals surface area contributed by atoms with Crippen molar-refractivity contribution in [2.75, 3.05) is 13.2 Å². The van der Waals surface area contributed by atoms with Crippen molar-refractivity contribution in [2.24, 2.45) is 5.92 Å². The third kappa shape index (κ3) is 7.74. The zero-order chi connectivity index (χ0) is 16.8. The van der Waals surface area contributed by atoms with Gasteiger partial charge < -0.3 is 19.9 Å². The topological polar surface area (TPSA) is 84.9 Å². The van der Waals surface area contributed by atoms with E-state index in [1.807, 2.05) is 5.32 Å². The molecule has 0 fully saturated rings. The van der Waals surface area contributed by atoms with E-state index in [1.165, 1.54) is 6.92 Å². The minimum absolute atomic E-state index is 0.167. The molecule has 2 atom stereocenters. The quantitative estimate of drug-likeness (QED) is 0.753. The van der Waals surface area contributed by atoms with E-state index >= 15 is 0 Å². The summed E-state index contributed by atoms with van der Waals surface area (Å²) in [7, 11) is 0. The first-order valence-electron chi connectivity index (χ1n) is 6.26. The van der Waals surface area contributed by atoms with Crippen LogP contribution in [-0.4, -0.2) is 48.2 Å². The Bertz CT molecular complexity index is 365. The van der Waals surface area contributed by atoms with Crippen LogP contribution in [0.2, 0.25) is 0 Å². The Labute approximate surface area is 120 Å². The number of halogens is 3. The summed E-state index contributed by atoms with van der Waals surface area (Å²) in [5, 5.41) is 11.3. The van der Waals surface area contributed by atoms with Gasteiger partial charge in [-0.3, -0.25) is 0 Å². The van der Waals surface area contributed by atoms with E-state index in [9.17, 15) is 27.9 Å². The third-order valence-corrected chi connectivity index (χ3v) is 2.19. The molecule has 21 heavy (non-hydrogen) atoms. The molecule has 2 unspecified atom stereocenters. The van der Waals surface area contributed by atoms with Gasteiger partial charge in [0.25, 0.3) is 0 Å². The van der Waals surface area contributed by atoms with E-state index in [2.05, 4.69) is 4.74 Å². The van der Waals surface area contributed by atoms with Crippen molar-refractivity contribution in [1.29, 1.82) is 0 Å². The Morgan fingerprint density at radius 2 is 1.76 bits per heavy atom. The highest BCUT2D eigenvalue weighted by molar-refractivity contribution is 5.75. The van der Waals surface area contributed by atoms with E-state index in [1.54, 1.807) is 20.8 Å². The number of ether oxygens (including phenoxy) is 2. The van der Waals surface area contributed by atoms with Gasteiger partial charge in [0.15, 0.2) is 6.10 Å². The number of carbonyl (C=O) groups is 2. The second-order valence-electron chi connectivity index (χ2n) is 5.23. The molecule has 0 bridgehead atoms. The normalized spacial score (nSPS) is 15.0. The molecule has 0 heterocycles. The molecule has 0 aromatic heterocycles. The summed E-state index contributed by atoms with van der Waals surface area (Å²) in [6, 6.07) is 0. The van der Waals surface area contributed by atoms with Gasteiger partial charge in [-0.1, -0.05) is 0 Å². The molecule has 2 N–H and O–H groups in total. The largest absolute Gasteiger partial charge is 0.464 e. The summed E-state index contributed by atoms with van der Waals surface area (Å²) in [5.74, 6) is -3.88. The molecular weight excluding hydrogens is 295 g/mol. The predicted molar refractivity (Wildman–Crippen MR) is 66.4 cm³/mol. The first-order valence-corrected chi connectivity index (χ1v) is 6.26. The summed E-state index contributed by atoms with van der Waals surface area (Å²) in [6.45, 7) is 4.86. The first kappa shape index (κ1) is 19.5. The van der Waals surface area contributed by atoms with Crippen molar-refractivity contribution in [1.82, 2.24) is 5.32 Å². The molecule has 0 saturated heterocycles. The van der Waals surface area contributed by atoms with Crippen molar-refractivity contribution in [3.8, 4) is 0 Å². The number of alkyl halides is 3. The fourth-order valence-corrected chi connectivity index (χ4v) is 1.31. The van der Waals surface area contributed by atoms with Gasteiger partial charge in [0.2, 0.25) is 0 Å². The number of esters is 1. The maximum Gasteiger partial charge on any atom is 0.407 e. The average molecular weight is 315 g/mol. The van der Waals surface area contributed by atoms with Crippen molar-refractivity contribution in [2.45, 2.75) is 45.6 Å². The summed E-state index contributed by atoms with van der Waals surface area (Å²) >= 11 is 0. The summed E-state index contributed by atoms with van der Waals surface area (Å²) < 4.78 is 47.5. The monoisotopic (exact) mass is 315 g/mol. The fourth-order valence-electron chi connectivity index (χ4n) is 1.31. The molecule has 0 aliphatic carbocycles. The lowest BCUT2D eigenvalue weighted by molar-refractivity contribution is -0.207. The number of nitrogens with one attached hydrogen (secondary N) is 1. The van der Waals surface area contributed by atoms with Gasteiger partial charge in [-0.15, -0.1) is 0 Å². The second kappa shape index (κ2) is 7.48. The molecule has 0 aliphatic heterocycles. The highest BCUT2D eigenvalue weighted by Gasteiger charge is 2.47. The number of aliphatic hydroxyl groups excluding tert-OH is 1. The summed E-state index contributed by atoms with van der Waals surface area (Å²) in [4.78, 5) is 22.5. The van der Waals surface area contributed by atoms with Gasteiger partial charge in [-0.25, -0.2) is 9.59 Å². The van der Waals surface area contributed by atoms with Crippen LogP contribution in [0.25, 0.3) is 0 Å². The maximum atomic E-state index is 12.8. The lowest BCUT2D eigenvalue weighted by atomic mass is 10.0. The van der Waals surface area contributed by atoms with Gasteiger partial charge in [-0.2, -0.15) is 13.2 Å². The molecule has 124 valence electrons. The molecule has 1 amide bonds. The minimum atomic E-state index is -4.89. The molecule has 0 saturated carbocycles. The Morgan fingerprint density at radius 1 is 1.24 bits per heavy atom. The molecule has 0 radical (unpaired) electrons. The van der Waals surface area contributed by atoms with E-state index in [-0.39, 0.29) is 6.61 Å². The lowest BCUT2D eigenvalue weighted by Crippen LogP contribution is -2.47. The molecule has 6 nitrogen and oxygen atoms in total. The number of hydrogen-bond acceptors (Lipinski definition) is 5. The average Bonchev–Trinajstić information content (AvgIpc) is 2.24. The lowest BCUT2D eigenvalue weighted by Gasteiger charge is -2.25. The zero-order valence-corrected chi connectivity index (χ0v) is 12.3. The van der Waals surface area contributed by atoms with Crippen LogP contribution in [0.3, 0.4) is 0 Å². The highest BCUT2D eigenvalue weighted by atomic mass is 19.4. The van der Waals surface area contributed by atoms with Gasteiger partial charge in [0.05, 0.1) is 6.61 Å². The fraction of sp³-hybridized carbons (Fsp3) is 0.833. The summed E-state index contributed by atoms with van der Waals surface area (Å²) in [6.07, 6.45) is -8.38. The Balaban J connectivity index is 4.73. The van der Waals surface area contributed by atoms with Gasteiger partial charge >= 0.3 is 18.2 Å². The summed E-state index contributed by atoms with van der Waals surface area (Å²) in [5.41, 5.74) is -0.877. The van der Waals surface area contributed by atoms with E-state index < -0.39 is 42.4 Å². The van der Waals surface area contributed by atoms with Gasteiger partial charge in [0, 0.05) is 6.54 Å². The Hall–Kier alpha value is -1.51. The standard InChI is InChI=1S/C12H20F3NO5/c1-5-20-9(18)8(17)7(12(13,14)15)6-16-10(19)21-11(2,3)4/h7-8,17H,5-6H2,1-4H3,(H,16,19). The Morgan fingerprint density at radius 3 is 2.14 bits per heavy atom. The van der Waals surface area contributed by atoms with Crippen LogP contribution in [0.4, 0.5) is 18.0 Å². The molecule has 0 spiro atoms. The van der Waals surface area contributed by atoms with Crippen molar-refractivity contribution in [3.05, 3.63) is 0 Å². The molecule has 0 aliphatic rings. The van der Waals surface area contributed by atoms with Crippen LogP contribution in [0, 0.1) is 5.92 Å². The molecular formula is C12H20F3NO5. The predicted octanol–water partition coefficient (Wildman–Crippen LogP) is 1.61. The number of rotatable bonds is 5. The molecule has 9 heteroatoms. The first-order chi connectivity index (χ1) is 9.38. The van der Waals surface area contributed by atoms with Crippen LogP contribution >= 0.6 is 0 Å². The molecule has 0 aromatic rings. The van der Waals surface area contributed by atoms with Crippen molar-refractivity contribution < 1.29 is 37.3 Å². The van der Waals surface area contributed by atoms with E-state index in [0.29, 0.717) is 0 Å². The van der Waals surface area contributed by atoms with Crippen LogP contribution < -0.4 is 5.32 Å². The zero-order valence-electron chi connectivity index (χ0n) is 12.3.